The zero-order chi connectivity index (χ0) is 14.2. The molecule has 1 heterocycles. The molecule has 0 aromatic heterocycles. The monoisotopic (exact) mass is 265 g/mol. The molecule has 20 heavy (non-hydrogen) atoms. The third-order valence-corrected chi connectivity index (χ3v) is 3.62. The largest absolute Gasteiger partial charge is 0.372 e. The van der Waals surface area contributed by atoms with Crippen molar-refractivity contribution in [3.8, 4) is 0 Å². The van der Waals surface area contributed by atoms with Gasteiger partial charge >= 0.3 is 0 Å². The molecule has 1 N–H and O–H groups in total. The second-order valence-corrected chi connectivity index (χ2v) is 4.89. The highest BCUT2D eigenvalue weighted by Gasteiger charge is 2.44. The Morgan fingerprint density at radius 1 is 0.950 bits per heavy atom. The van der Waals surface area contributed by atoms with Gasteiger partial charge in [0.05, 0.1) is 5.70 Å². The number of amides is 1. The lowest BCUT2D eigenvalue weighted by molar-refractivity contribution is -0.140. The minimum absolute atomic E-state index is 0.331. The molecule has 0 aliphatic carbocycles. The van der Waals surface area contributed by atoms with Gasteiger partial charge in [-0.1, -0.05) is 60.7 Å². The lowest BCUT2D eigenvalue weighted by Crippen LogP contribution is -2.37. The summed E-state index contributed by atoms with van der Waals surface area (Å²) in [6.07, 6.45) is 1.62. The molecule has 0 radical (unpaired) electrons. The van der Waals surface area contributed by atoms with E-state index in [0.29, 0.717) is 5.56 Å². The zero-order valence-corrected chi connectivity index (χ0v) is 11.2. The van der Waals surface area contributed by atoms with Gasteiger partial charge in [-0.15, -0.1) is 0 Å². The molecule has 2 aromatic rings. The first-order valence-electron chi connectivity index (χ1n) is 6.47. The minimum Gasteiger partial charge on any atom is -0.372 e. The maximum Gasteiger partial charge on any atom is 0.267 e. The van der Waals surface area contributed by atoms with Crippen molar-refractivity contribution in [1.82, 2.24) is 4.90 Å². The number of carbonyl (C=O) groups is 1. The zero-order valence-electron chi connectivity index (χ0n) is 11.2. The summed E-state index contributed by atoms with van der Waals surface area (Å²) in [6, 6.07) is 18.6. The van der Waals surface area contributed by atoms with Crippen LogP contribution in [-0.2, 0) is 10.4 Å². The van der Waals surface area contributed by atoms with E-state index in [0.717, 1.165) is 11.3 Å². The first-order valence-corrected chi connectivity index (χ1v) is 6.47. The molecule has 3 heteroatoms. The van der Waals surface area contributed by atoms with Crippen LogP contribution in [0.5, 0.6) is 0 Å². The SMILES string of the molecule is CN1C(=O)[C@@](O)(c2ccccc2)C=C1c1ccccc1. The number of likely N-dealkylation sites (N-methyl/N-ethyl adjacent to an activating group) is 1. The molecule has 0 spiro atoms. The predicted octanol–water partition coefficient (Wildman–Crippen LogP) is 2.39. The lowest BCUT2D eigenvalue weighted by atomic mass is 9.94. The Balaban J connectivity index is 2.11. The van der Waals surface area contributed by atoms with Crippen LogP contribution in [0.15, 0.2) is 66.7 Å². The molecule has 1 atom stereocenters. The Kier molecular flexibility index (Phi) is 2.92. The van der Waals surface area contributed by atoms with Crippen molar-refractivity contribution in [2.45, 2.75) is 5.60 Å². The highest BCUT2D eigenvalue weighted by atomic mass is 16.3. The maximum atomic E-state index is 12.4. The first kappa shape index (κ1) is 12.6. The third-order valence-electron chi connectivity index (χ3n) is 3.62. The summed E-state index contributed by atoms with van der Waals surface area (Å²) in [5.41, 5.74) is 0.640. The maximum absolute atomic E-state index is 12.4. The van der Waals surface area contributed by atoms with E-state index < -0.39 is 5.60 Å². The topological polar surface area (TPSA) is 40.5 Å². The van der Waals surface area contributed by atoms with Gasteiger partial charge in [-0.3, -0.25) is 4.79 Å². The van der Waals surface area contributed by atoms with E-state index in [9.17, 15) is 9.90 Å². The van der Waals surface area contributed by atoms with Crippen LogP contribution in [0.25, 0.3) is 5.70 Å². The molecule has 3 nitrogen and oxygen atoms in total. The highest BCUT2D eigenvalue weighted by molar-refractivity contribution is 6.01. The van der Waals surface area contributed by atoms with E-state index in [1.165, 1.54) is 4.90 Å². The van der Waals surface area contributed by atoms with Gasteiger partial charge in [-0.05, 0) is 17.2 Å². The number of hydrogen-bond donors (Lipinski definition) is 1. The average Bonchev–Trinajstić information content (AvgIpc) is 2.75. The molecule has 3 rings (SSSR count). The van der Waals surface area contributed by atoms with Gasteiger partial charge in [0.25, 0.3) is 5.91 Å². The van der Waals surface area contributed by atoms with Crippen molar-refractivity contribution in [2.75, 3.05) is 7.05 Å². The summed E-state index contributed by atoms with van der Waals surface area (Å²) in [5, 5.41) is 10.8. The van der Waals surface area contributed by atoms with E-state index in [-0.39, 0.29) is 5.91 Å². The van der Waals surface area contributed by atoms with Crippen LogP contribution in [0, 0.1) is 0 Å². The fourth-order valence-corrected chi connectivity index (χ4v) is 2.51. The minimum atomic E-state index is -1.58. The van der Waals surface area contributed by atoms with Gasteiger partial charge < -0.3 is 10.0 Å². The molecule has 1 aliphatic rings. The molecule has 0 saturated heterocycles. The Morgan fingerprint density at radius 3 is 2.10 bits per heavy atom. The number of hydrogen-bond acceptors (Lipinski definition) is 2. The molecular formula is C17H15NO2. The van der Waals surface area contributed by atoms with Crippen molar-refractivity contribution in [3.05, 3.63) is 77.9 Å². The number of nitrogens with zero attached hydrogens (tertiary/aromatic N) is 1. The molecule has 100 valence electrons. The average molecular weight is 265 g/mol. The number of aliphatic hydroxyl groups is 1. The number of benzene rings is 2. The van der Waals surface area contributed by atoms with E-state index >= 15 is 0 Å². The fourth-order valence-electron chi connectivity index (χ4n) is 2.51. The molecule has 1 amide bonds. The first-order chi connectivity index (χ1) is 9.63. The van der Waals surface area contributed by atoms with Crippen molar-refractivity contribution in [2.24, 2.45) is 0 Å². The van der Waals surface area contributed by atoms with Gasteiger partial charge in [-0.25, -0.2) is 0 Å². The number of carbonyl (C=O) groups excluding carboxylic acids is 1. The van der Waals surface area contributed by atoms with E-state index in [4.69, 9.17) is 0 Å². The Labute approximate surface area is 117 Å². The number of rotatable bonds is 2. The van der Waals surface area contributed by atoms with E-state index in [1.54, 1.807) is 25.3 Å². The van der Waals surface area contributed by atoms with Crippen LogP contribution < -0.4 is 0 Å². The molecule has 0 bridgehead atoms. The van der Waals surface area contributed by atoms with Crippen LogP contribution >= 0.6 is 0 Å². The van der Waals surface area contributed by atoms with Crippen LogP contribution in [0.2, 0.25) is 0 Å². The molecule has 0 fully saturated rings. The van der Waals surface area contributed by atoms with Crippen molar-refractivity contribution >= 4 is 11.6 Å². The van der Waals surface area contributed by atoms with Gasteiger partial charge in [-0.2, -0.15) is 0 Å². The van der Waals surface area contributed by atoms with Crippen LogP contribution in [0.4, 0.5) is 0 Å². The highest BCUT2D eigenvalue weighted by Crippen LogP contribution is 2.37. The van der Waals surface area contributed by atoms with E-state index in [1.807, 2.05) is 48.5 Å². The summed E-state index contributed by atoms with van der Waals surface area (Å²) in [5.74, 6) is -0.331. The van der Waals surface area contributed by atoms with Gasteiger partial charge in [0, 0.05) is 7.05 Å². The molecule has 0 saturated carbocycles. The molecule has 0 unspecified atom stereocenters. The smallest absolute Gasteiger partial charge is 0.267 e. The van der Waals surface area contributed by atoms with Crippen LogP contribution in [-0.4, -0.2) is 23.0 Å². The van der Waals surface area contributed by atoms with Crippen LogP contribution in [0.1, 0.15) is 11.1 Å². The van der Waals surface area contributed by atoms with Crippen LogP contribution in [0.3, 0.4) is 0 Å². The summed E-state index contributed by atoms with van der Waals surface area (Å²) < 4.78 is 0. The third kappa shape index (κ3) is 1.84. The Hall–Kier alpha value is -2.39. The van der Waals surface area contributed by atoms with E-state index in [2.05, 4.69) is 0 Å². The standard InChI is InChI=1S/C17H15NO2/c1-18-15(13-8-4-2-5-9-13)12-17(20,16(18)19)14-10-6-3-7-11-14/h2-12,20H,1H3/t17-/m0/s1. The summed E-state index contributed by atoms with van der Waals surface area (Å²) in [7, 11) is 1.68. The van der Waals surface area contributed by atoms with Gasteiger partial charge in [0.2, 0.25) is 0 Å². The normalized spacial score (nSPS) is 22.0. The fraction of sp³-hybridized carbons (Fsp3) is 0.118. The molecule has 2 aromatic carbocycles. The van der Waals surface area contributed by atoms with Gasteiger partial charge in [0.15, 0.2) is 5.60 Å². The molecule has 1 aliphatic heterocycles. The second kappa shape index (κ2) is 4.62. The lowest BCUT2D eigenvalue weighted by Gasteiger charge is -2.21. The second-order valence-electron chi connectivity index (χ2n) is 4.89. The Bertz CT molecular complexity index is 664. The Morgan fingerprint density at radius 2 is 1.50 bits per heavy atom. The summed E-state index contributed by atoms with van der Waals surface area (Å²) in [4.78, 5) is 13.9. The van der Waals surface area contributed by atoms with Gasteiger partial charge in [0.1, 0.15) is 0 Å². The van der Waals surface area contributed by atoms with Crippen molar-refractivity contribution in [3.63, 3.8) is 0 Å². The molecular weight excluding hydrogens is 250 g/mol. The summed E-state index contributed by atoms with van der Waals surface area (Å²) >= 11 is 0. The quantitative estimate of drug-likeness (QED) is 0.905. The summed E-state index contributed by atoms with van der Waals surface area (Å²) in [6.45, 7) is 0. The predicted molar refractivity (Wildman–Crippen MR) is 77.5 cm³/mol. The van der Waals surface area contributed by atoms with Crippen molar-refractivity contribution in [1.29, 1.82) is 0 Å². The van der Waals surface area contributed by atoms with Crippen molar-refractivity contribution < 1.29 is 9.90 Å².